The third kappa shape index (κ3) is 4.07. The molecule has 1 saturated carbocycles. The van der Waals surface area contributed by atoms with Crippen molar-refractivity contribution in [1.29, 1.82) is 0 Å². The molecule has 1 aliphatic carbocycles. The second-order valence-corrected chi connectivity index (χ2v) is 10.1. The van der Waals surface area contributed by atoms with E-state index in [4.69, 9.17) is 9.16 Å². The highest BCUT2D eigenvalue weighted by Gasteiger charge is 2.36. The van der Waals surface area contributed by atoms with Gasteiger partial charge < -0.3 is 9.16 Å². The van der Waals surface area contributed by atoms with Crippen LogP contribution in [0.15, 0.2) is 0 Å². The predicted molar refractivity (Wildman–Crippen MR) is 75.9 cm³/mol. The van der Waals surface area contributed by atoms with E-state index in [0.29, 0.717) is 6.10 Å². The molecule has 1 rings (SSSR count). The summed E-state index contributed by atoms with van der Waals surface area (Å²) in [6, 6.07) is 3.62. The molecule has 2 nitrogen and oxygen atoms in total. The maximum Gasteiger partial charge on any atom is 0.194 e. The van der Waals surface area contributed by atoms with Crippen molar-refractivity contribution in [2.45, 2.75) is 70.2 Å². The Bertz CT molecular complexity index is 190. The first kappa shape index (κ1) is 15.2. The Balaban J connectivity index is 2.59. The van der Waals surface area contributed by atoms with Gasteiger partial charge in [0, 0.05) is 14.2 Å². The molecule has 0 N–H and O–H groups in total. The van der Waals surface area contributed by atoms with Gasteiger partial charge in [-0.05, 0) is 36.9 Å². The summed E-state index contributed by atoms with van der Waals surface area (Å²) in [6.45, 7) is 4.57. The van der Waals surface area contributed by atoms with Gasteiger partial charge in [-0.1, -0.05) is 33.1 Å². The van der Waals surface area contributed by atoms with E-state index in [-0.39, 0.29) is 0 Å². The Labute approximate surface area is 108 Å². The summed E-state index contributed by atoms with van der Waals surface area (Å²) >= 11 is 0. The first-order chi connectivity index (χ1) is 8.21. The van der Waals surface area contributed by atoms with E-state index >= 15 is 0 Å². The third-order valence-electron chi connectivity index (χ3n) is 4.77. The first-order valence-corrected chi connectivity index (χ1v) is 9.82. The van der Waals surface area contributed by atoms with Crippen LogP contribution in [0.5, 0.6) is 0 Å². The molecule has 0 amide bonds. The topological polar surface area (TPSA) is 18.5 Å². The smallest absolute Gasteiger partial charge is 0.194 e. The van der Waals surface area contributed by atoms with Crippen LogP contribution in [-0.2, 0) is 9.16 Å². The molecule has 17 heavy (non-hydrogen) atoms. The standard InChI is InChI=1S/C14H30O2Si/c1-5-17(6-2,16-4)12-14(15-3)13-10-8-7-9-11-13/h13-14H,5-12H2,1-4H3. The summed E-state index contributed by atoms with van der Waals surface area (Å²) in [5.41, 5.74) is 0. The van der Waals surface area contributed by atoms with Gasteiger partial charge in [-0.3, -0.25) is 0 Å². The molecule has 0 spiro atoms. The fourth-order valence-electron chi connectivity index (χ4n) is 3.23. The molecule has 102 valence electrons. The Morgan fingerprint density at radius 1 is 1.06 bits per heavy atom. The number of ether oxygens (including phenoxy) is 1. The molecule has 0 aromatic heterocycles. The van der Waals surface area contributed by atoms with Crippen molar-refractivity contribution in [3.8, 4) is 0 Å². The van der Waals surface area contributed by atoms with Crippen LogP contribution in [0.25, 0.3) is 0 Å². The van der Waals surface area contributed by atoms with Crippen LogP contribution in [0, 0.1) is 5.92 Å². The highest BCUT2D eigenvalue weighted by Crippen LogP contribution is 2.34. The maximum absolute atomic E-state index is 5.92. The third-order valence-corrected chi connectivity index (χ3v) is 9.36. The van der Waals surface area contributed by atoms with Gasteiger partial charge >= 0.3 is 0 Å². The monoisotopic (exact) mass is 258 g/mol. The molecule has 0 aliphatic heterocycles. The van der Waals surface area contributed by atoms with Gasteiger partial charge in [-0.2, -0.15) is 0 Å². The van der Waals surface area contributed by atoms with Crippen molar-refractivity contribution in [2.75, 3.05) is 14.2 Å². The van der Waals surface area contributed by atoms with Crippen molar-refractivity contribution < 1.29 is 9.16 Å². The van der Waals surface area contributed by atoms with Crippen molar-refractivity contribution in [1.82, 2.24) is 0 Å². The summed E-state index contributed by atoms with van der Waals surface area (Å²) in [5.74, 6) is 0.786. The van der Waals surface area contributed by atoms with Gasteiger partial charge in [-0.25, -0.2) is 0 Å². The van der Waals surface area contributed by atoms with Crippen LogP contribution >= 0.6 is 0 Å². The van der Waals surface area contributed by atoms with E-state index in [2.05, 4.69) is 13.8 Å². The van der Waals surface area contributed by atoms with E-state index in [9.17, 15) is 0 Å². The molecule has 3 heteroatoms. The Kier molecular flexibility index (Phi) is 6.74. The van der Waals surface area contributed by atoms with Gasteiger partial charge in [-0.15, -0.1) is 0 Å². The highest BCUT2D eigenvalue weighted by atomic mass is 28.4. The number of methoxy groups -OCH3 is 1. The van der Waals surface area contributed by atoms with Gasteiger partial charge in [0.1, 0.15) is 0 Å². The second kappa shape index (κ2) is 7.55. The Morgan fingerprint density at radius 2 is 1.65 bits per heavy atom. The molecule has 1 unspecified atom stereocenters. The van der Waals surface area contributed by atoms with Crippen LogP contribution in [0.2, 0.25) is 18.1 Å². The zero-order valence-corrected chi connectivity index (χ0v) is 13.1. The predicted octanol–water partition coefficient (Wildman–Crippen LogP) is 4.21. The molecule has 1 fully saturated rings. The van der Waals surface area contributed by atoms with Gasteiger partial charge in [0.15, 0.2) is 8.32 Å². The van der Waals surface area contributed by atoms with Crippen molar-refractivity contribution in [3.05, 3.63) is 0 Å². The molecular formula is C14H30O2Si. The SMILES string of the molecule is CC[Si](CC)(CC(OC)C1CCCCC1)OC. The summed E-state index contributed by atoms with van der Waals surface area (Å²) in [4.78, 5) is 0. The zero-order valence-electron chi connectivity index (χ0n) is 12.1. The zero-order chi connectivity index (χ0) is 12.7. The molecule has 0 bridgehead atoms. The second-order valence-electron chi connectivity index (χ2n) is 5.47. The summed E-state index contributed by atoms with van der Waals surface area (Å²) in [5, 5.41) is 0. The minimum atomic E-state index is -1.51. The van der Waals surface area contributed by atoms with Crippen LogP contribution in [0.3, 0.4) is 0 Å². The quantitative estimate of drug-likeness (QED) is 0.637. The average Bonchev–Trinajstić information content (AvgIpc) is 2.42. The molecule has 0 aromatic carbocycles. The van der Waals surface area contributed by atoms with Crippen molar-refractivity contribution >= 4 is 8.32 Å². The lowest BCUT2D eigenvalue weighted by molar-refractivity contribution is 0.0467. The summed E-state index contributed by atoms with van der Waals surface area (Å²) < 4.78 is 11.7. The molecule has 1 aliphatic rings. The van der Waals surface area contributed by atoms with Crippen LogP contribution in [-0.4, -0.2) is 28.6 Å². The molecular weight excluding hydrogens is 228 g/mol. The van der Waals surface area contributed by atoms with Crippen molar-refractivity contribution in [3.63, 3.8) is 0 Å². The van der Waals surface area contributed by atoms with Gasteiger partial charge in [0.2, 0.25) is 0 Å². The highest BCUT2D eigenvalue weighted by molar-refractivity contribution is 6.73. The normalized spacial score (nSPS) is 20.5. The minimum Gasteiger partial charge on any atom is -0.420 e. The fourth-order valence-corrected chi connectivity index (χ4v) is 6.28. The minimum absolute atomic E-state index is 0.446. The Hall–Kier alpha value is 0.137. The molecule has 1 atom stereocenters. The van der Waals surface area contributed by atoms with Gasteiger partial charge in [0.05, 0.1) is 6.10 Å². The number of hydrogen-bond donors (Lipinski definition) is 0. The van der Waals surface area contributed by atoms with E-state index in [0.717, 1.165) is 5.92 Å². The van der Waals surface area contributed by atoms with Crippen LogP contribution in [0.4, 0.5) is 0 Å². The molecule has 0 radical (unpaired) electrons. The maximum atomic E-state index is 5.92. The summed E-state index contributed by atoms with van der Waals surface area (Å²) in [7, 11) is 2.29. The lowest BCUT2D eigenvalue weighted by atomic mass is 9.86. The largest absolute Gasteiger partial charge is 0.420 e. The Morgan fingerprint density at radius 3 is 2.06 bits per heavy atom. The van der Waals surface area contributed by atoms with E-state index < -0.39 is 8.32 Å². The van der Waals surface area contributed by atoms with Gasteiger partial charge in [0.25, 0.3) is 0 Å². The molecule has 0 heterocycles. The number of hydrogen-bond acceptors (Lipinski definition) is 2. The first-order valence-electron chi connectivity index (χ1n) is 7.29. The number of rotatable bonds is 7. The molecule has 0 saturated heterocycles. The lowest BCUT2D eigenvalue weighted by Crippen LogP contribution is -2.42. The fraction of sp³-hybridized carbons (Fsp3) is 1.00. The molecule has 0 aromatic rings. The van der Waals surface area contributed by atoms with Crippen molar-refractivity contribution in [2.24, 2.45) is 5.92 Å². The van der Waals surface area contributed by atoms with Crippen LogP contribution < -0.4 is 0 Å². The average molecular weight is 258 g/mol. The lowest BCUT2D eigenvalue weighted by Gasteiger charge is -2.36. The van der Waals surface area contributed by atoms with Crippen LogP contribution in [0.1, 0.15) is 46.0 Å². The van der Waals surface area contributed by atoms with E-state index in [1.54, 1.807) is 0 Å². The van der Waals surface area contributed by atoms with E-state index in [1.165, 1.54) is 50.2 Å². The van der Waals surface area contributed by atoms with E-state index in [1.807, 2.05) is 14.2 Å². The summed E-state index contributed by atoms with van der Waals surface area (Å²) in [6.07, 6.45) is 7.37.